The third-order valence-electron chi connectivity index (χ3n) is 1.79. The molecule has 3 nitrogen and oxygen atoms in total. The lowest BCUT2D eigenvalue weighted by atomic mass is 10.4. The summed E-state index contributed by atoms with van der Waals surface area (Å²) < 4.78 is -2.89. The standard InChI is InChI=1S/C8H7Cl6N3S/c1-18-6-16-4(7(11,12)2-9)15-5(17-6)8(13,14)3-10/h2-3H2,1H3. The lowest BCUT2D eigenvalue weighted by Crippen LogP contribution is -2.24. The van der Waals surface area contributed by atoms with Crippen molar-refractivity contribution in [3.05, 3.63) is 11.6 Å². The molecule has 0 fully saturated rings. The highest BCUT2D eigenvalue weighted by Gasteiger charge is 2.35. The van der Waals surface area contributed by atoms with Crippen LogP contribution in [0.1, 0.15) is 11.6 Å². The Kier molecular flexibility index (Phi) is 6.39. The summed E-state index contributed by atoms with van der Waals surface area (Å²) in [5, 5.41) is 0.376. The van der Waals surface area contributed by atoms with Gasteiger partial charge in [0.25, 0.3) is 0 Å². The van der Waals surface area contributed by atoms with E-state index in [0.29, 0.717) is 5.16 Å². The van der Waals surface area contributed by atoms with Gasteiger partial charge in [0.15, 0.2) is 25.5 Å². The Morgan fingerprint density at radius 3 is 1.56 bits per heavy atom. The minimum atomic E-state index is -1.44. The average molecular weight is 390 g/mol. The third kappa shape index (κ3) is 4.05. The van der Waals surface area contributed by atoms with Gasteiger partial charge in [0.05, 0.1) is 11.8 Å². The lowest BCUT2D eigenvalue weighted by Gasteiger charge is -2.19. The minimum Gasteiger partial charge on any atom is -0.211 e. The van der Waals surface area contributed by atoms with E-state index in [4.69, 9.17) is 69.6 Å². The van der Waals surface area contributed by atoms with E-state index in [2.05, 4.69) is 15.0 Å². The predicted octanol–water partition coefficient (Wildman–Crippen LogP) is 4.33. The minimum absolute atomic E-state index is 0.0889. The van der Waals surface area contributed by atoms with E-state index in [1.807, 2.05) is 0 Å². The second-order valence-corrected chi connectivity index (χ2v) is 7.42. The van der Waals surface area contributed by atoms with Crippen LogP contribution in [-0.2, 0) is 8.67 Å². The molecule has 0 saturated carbocycles. The van der Waals surface area contributed by atoms with Crippen molar-refractivity contribution < 1.29 is 0 Å². The Morgan fingerprint density at radius 2 is 1.28 bits per heavy atom. The fourth-order valence-corrected chi connectivity index (χ4v) is 1.83. The Morgan fingerprint density at radius 1 is 0.889 bits per heavy atom. The molecule has 0 spiro atoms. The topological polar surface area (TPSA) is 38.7 Å². The van der Waals surface area contributed by atoms with Crippen molar-refractivity contribution in [2.75, 3.05) is 18.0 Å². The van der Waals surface area contributed by atoms with Gasteiger partial charge in [0.1, 0.15) is 0 Å². The number of thioether (sulfide) groups is 1. The number of hydrogen-bond acceptors (Lipinski definition) is 4. The molecule has 0 atom stereocenters. The van der Waals surface area contributed by atoms with Crippen LogP contribution in [0.5, 0.6) is 0 Å². The van der Waals surface area contributed by atoms with Gasteiger partial charge in [0.2, 0.25) is 0 Å². The number of rotatable bonds is 5. The molecule has 0 bridgehead atoms. The first kappa shape index (κ1) is 17.2. The summed E-state index contributed by atoms with van der Waals surface area (Å²) >= 11 is 36.6. The van der Waals surface area contributed by atoms with Crippen molar-refractivity contribution in [1.29, 1.82) is 0 Å². The van der Waals surface area contributed by atoms with Crippen LogP contribution in [0.25, 0.3) is 0 Å². The van der Waals surface area contributed by atoms with Gasteiger partial charge in [-0.05, 0) is 6.26 Å². The molecule has 0 aliphatic rings. The molecule has 10 heteroatoms. The van der Waals surface area contributed by atoms with Crippen molar-refractivity contribution in [2.45, 2.75) is 13.8 Å². The molecule has 0 saturated heterocycles. The van der Waals surface area contributed by atoms with Crippen molar-refractivity contribution in [2.24, 2.45) is 0 Å². The van der Waals surface area contributed by atoms with Crippen LogP contribution < -0.4 is 0 Å². The van der Waals surface area contributed by atoms with Crippen molar-refractivity contribution in [1.82, 2.24) is 15.0 Å². The van der Waals surface area contributed by atoms with Gasteiger partial charge in [0, 0.05) is 0 Å². The molecule has 0 aliphatic heterocycles. The van der Waals surface area contributed by atoms with Crippen molar-refractivity contribution >= 4 is 81.4 Å². The van der Waals surface area contributed by atoms with Gasteiger partial charge in [-0.25, -0.2) is 15.0 Å². The summed E-state index contributed by atoms with van der Waals surface area (Å²) in [6.45, 7) is 0. The van der Waals surface area contributed by atoms with Crippen molar-refractivity contribution in [3.8, 4) is 0 Å². The smallest absolute Gasteiger partial charge is 0.191 e. The summed E-state index contributed by atoms with van der Waals surface area (Å²) in [7, 11) is 0. The van der Waals surface area contributed by atoms with E-state index in [1.54, 1.807) is 6.26 Å². The Balaban J connectivity index is 3.35. The SMILES string of the molecule is CSc1nc(C(Cl)(Cl)CCl)nc(C(Cl)(Cl)CCl)n1. The lowest BCUT2D eigenvalue weighted by molar-refractivity contribution is 0.701. The average Bonchev–Trinajstić information content (AvgIpc) is 2.38. The molecule has 0 unspecified atom stereocenters. The number of aromatic nitrogens is 3. The summed E-state index contributed by atoms with van der Waals surface area (Å²) in [6.07, 6.45) is 1.78. The zero-order chi connectivity index (χ0) is 14.0. The molecule has 102 valence electrons. The van der Waals surface area contributed by atoms with Gasteiger partial charge >= 0.3 is 0 Å². The van der Waals surface area contributed by atoms with Crippen LogP contribution in [0.4, 0.5) is 0 Å². The van der Waals surface area contributed by atoms with E-state index < -0.39 is 8.67 Å². The maximum Gasteiger partial charge on any atom is 0.191 e. The Hall–Kier alpha value is 1.10. The van der Waals surface area contributed by atoms with E-state index in [0.717, 1.165) is 0 Å². The molecule has 18 heavy (non-hydrogen) atoms. The fraction of sp³-hybridized carbons (Fsp3) is 0.625. The number of halogens is 6. The summed E-state index contributed by atoms with van der Waals surface area (Å²) in [6, 6.07) is 0. The zero-order valence-electron chi connectivity index (χ0n) is 8.93. The highest BCUT2D eigenvalue weighted by molar-refractivity contribution is 7.98. The largest absolute Gasteiger partial charge is 0.211 e. The van der Waals surface area contributed by atoms with Crippen molar-refractivity contribution in [3.63, 3.8) is 0 Å². The van der Waals surface area contributed by atoms with Crippen LogP contribution in [-0.4, -0.2) is 33.0 Å². The quantitative estimate of drug-likeness (QED) is 0.555. The molecule has 0 N–H and O–H groups in total. The van der Waals surface area contributed by atoms with Crippen LogP contribution in [0.15, 0.2) is 5.16 Å². The molecule has 1 heterocycles. The highest BCUT2D eigenvalue weighted by Crippen LogP contribution is 2.37. The predicted molar refractivity (Wildman–Crippen MR) is 79.8 cm³/mol. The highest BCUT2D eigenvalue weighted by atomic mass is 35.5. The molecular weight excluding hydrogens is 383 g/mol. The van der Waals surface area contributed by atoms with Crippen LogP contribution in [0, 0.1) is 0 Å². The summed E-state index contributed by atoms with van der Waals surface area (Å²) in [4.78, 5) is 12.2. The third-order valence-corrected chi connectivity index (χ3v) is 4.89. The summed E-state index contributed by atoms with van der Waals surface area (Å²) in [5.41, 5.74) is 0. The maximum absolute atomic E-state index is 5.99. The molecule has 1 aromatic rings. The second kappa shape index (κ2) is 6.70. The van der Waals surface area contributed by atoms with Gasteiger partial charge < -0.3 is 0 Å². The van der Waals surface area contributed by atoms with Gasteiger partial charge in [-0.2, -0.15) is 0 Å². The van der Waals surface area contributed by atoms with E-state index in [9.17, 15) is 0 Å². The van der Waals surface area contributed by atoms with Crippen LogP contribution in [0.2, 0.25) is 0 Å². The zero-order valence-corrected chi connectivity index (χ0v) is 14.3. The van der Waals surface area contributed by atoms with Crippen LogP contribution in [0.3, 0.4) is 0 Å². The molecule has 1 rings (SSSR count). The molecule has 0 aromatic carbocycles. The molecule has 1 aromatic heterocycles. The number of alkyl halides is 6. The molecule has 0 radical (unpaired) electrons. The normalized spacial score (nSPS) is 12.8. The molecule has 0 amide bonds. The Bertz CT molecular complexity index is 393. The molecule has 0 aliphatic carbocycles. The number of hydrogen-bond donors (Lipinski definition) is 0. The van der Waals surface area contributed by atoms with E-state index in [-0.39, 0.29) is 23.4 Å². The fourth-order valence-electron chi connectivity index (χ4n) is 0.894. The Labute approximate surface area is 139 Å². The first-order valence-corrected chi connectivity index (χ1v) is 8.26. The first-order chi connectivity index (χ1) is 8.26. The van der Waals surface area contributed by atoms with E-state index >= 15 is 0 Å². The number of nitrogens with zero attached hydrogens (tertiary/aromatic N) is 3. The first-order valence-electron chi connectivity index (χ1n) is 4.45. The van der Waals surface area contributed by atoms with Gasteiger partial charge in [-0.1, -0.05) is 58.2 Å². The van der Waals surface area contributed by atoms with Crippen LogP contribution >= 0.6 is 81.4 Å². The van der Waals surface area contributed by atoms with E-state index in [1.165, 1.54) is 11.8 Å². The monoisotopic (exact) mass is 387 g/mol. The maximum atomic E-state index is 5.99. The van der Waals surface area contributed by atoms with Gasteiger partial charge in [-0.15, -0.1) is 23.2 Å². The van der Waals surface area contributed by atoms with Gasteiger partial charge in [-0.3, -0.25) is 0 Å². The summed E-state index contributed by atoms with van der Waals surface area (Å²) in [5.74, 6) is -0.00514. The molecular formula is C8H7Cl6N3S. The second-order valence-electron chi connectivity index (χ2n) is 3.15.